The van der Waals surface area contributed by atoms with Crippen LogP contribution in [0.3, 0.4) is 0 Å². The minimum absolute atomic E-state index is 0.0524. The van der Waals surface area contributed by atoms with Gasteiger partial charge in [0.1, 0.15) is 18.7 Å². The van der Waals surface area contributed by atoms with E-state index in [1.54, 1.807) is 11.0 Å². The molecule has 6 heteroatoms. The van der Waals surface area contributed by atoms with Crippen LogP contribution in [0.4, 0.5) is 0 Å². The third kappa shape index (κ3) is 5.13. The fourth-order valence-electron chi connectivity index (χ4n) is 3.26. The molecule has 1 atom stereocenters. The Bertz CT molecular complexity index is 662. The highest BCUT2D eigenvalue weighted by molar-refractivity contribution is 5.79. The molecule has 1 fully saturated rings. The molecule has 1 saturated heterocycles. The summed E-state index contributed by atoms with van der Waals surface area (Å²) < 4.78 is 1.56. The van der Waals surface area contributed by atoms with Crippen molar-refractivity contribution in [3.05, 3.63) is 48.0 Å². The molecule has 1 N–H and O–H groups in total. The van der Waals surface area contributed by atoms with Crippen LogP contribution in [-0.2, 0) is 17.9 Å². The lowest BCUT2D eigenvalue weighted by Crippen LogP contribution is -2.31. The van der Waals surface area contributed by atoms with Gasteiger partial charge in [-0.05, 0) is 44.0 Å². The Morgan fingerprint density at radius 1 is 1.20 bits per heavy atom. The lowest BCUT2D eigenvalue weighted by atomic mass is 10.1. The van der Waals surface area contributed by atoms with Crippen LogP contribution in [0.15, 0.2) is 36.9 Å². The maximum atomic E-state index is 12.2. The third-order valence-corrected chi connectivity index (χ3v) is 4.78. The van der Waals surface area contributed by atoms with E-state index in [4.69, 9.17) is 0 Å². The Kier molecular flexibility index (Phi) is 6.17. The minimum atomic E-state index is -0.359. The Hall–Kier alpha value is -2.21. The number of benzene rings is 1. The van der Waals surface area contributed by atoms with E-state index >= 15 is 0 Å². The third-order valence-electron chi connectivity index (χ3n) is 4.78. The zero-order valence-corrected chi connectivity index (χ0v) is 14.9. The Labute approximate surface area is 149 Å². The number of hydrogen-bond donors (Lipinski definition) is 1. The van der Waals surface area contributed by atoms with Gasteiger partial charge in [0.15, 0.2) is 0 Å². The number of nitrogens with zero attached hydrogens (tertiary/aromatic N) is 4. The summed E-state index contributed by atoms with van der Waals surface area (Å²) in [5, 5.41) is 7.00. The van der Waals surface area contributed by atoms with Crippen LogP contribution >= 0.6 is 0 Å². The van der Waals surface area contributed by atoms with Gasteiger partial charge in [-0.15, -0.1) is 0 Å². The zero-order chi connectivity index (χ0) is 17.5. The van der Waals surface area contributed by atoms with Crippen LogP contribution in [0, 0.1) is 0 Å². The molecule has 1 aromatic heterocycles. The predicted octanol–water partition coefficient (Wildman–Crippen LogP) is 2.53. The van der Waals surface area contributed by atoms with Gasteiger partial charge >= 0.3 is 0 Å². The van der Waals surface area contributed by atoms with Crippen molar-refractivity contribution in [2.45, 2.75) is 51.7 Å². The first kappa shape index (κ1) is 17.6. The first-order chi connectivity index (χ1) is 12.2. The molecule has 3 rings (SSSR count). The van der Waals surface area contributed by atoms with E-state index in [9.17, 15) is 4.79 Å². The normalized spacial score (nSPS) is 17.0. The topological polar surface area (TPSA) is 63.1 Å². The quantitative estimate of drug-likeness (QED) is 0.877. The molecule has 0 aliphatic carbocycles. The SMILES string of the molecule is C[C@@H](C(=O)NCc1cccc(CN2CCCCCC2)c1)n1cncn1. The van der Waals surface area contributed by atoms with E-state index in [2.05, 4.69) is 44.6 Å². The molecule has 0 spiro atoms. The molecule has 134 valence electrons. The largest absolute Gasteiger partial charge is 0.350 e. The summed E-state index contributed by atoms with van der Waals surface area (Å²) in [6, 6.07) is 8.16. The highest BCUT2D eigenvalue weighted by atomic mass is 16.2. The van der Waals surface area contributed by atoms with Gasteiger partial charge in [-0.3, -0.25) is 9.69 Å². The second-order valence-electron chi connectivity index (χ2n) is 6.78. The van der Waals surface area contributed by atoms with Crippen LogP contribution in [0.25, 0.3) is 0 Å². The van der Waals surface area contributed by atoms with Crippen LogP contribution in [0.5, 0.6) is 0 Å². The molecule has 1 aliphatic rings. The molecule has 2 heterocycles. The molecule has 25 heavy (non-hydrogen) atoms. The molecule has 1 aliphatic heterocycles. The molecule has 0 unspecified atom stereocenters. The number of nitrogens with one attached hydrogen (secondary N) is 1. The maximum absolute atomic E-state index is 12.2. The fourth-order valence-corrected chi connectivity index (χ4v) is 3.26. The van der Waals surface area contributed by atoms with E-state index < -0.39 is 0 Å². The van der Waals surface area contributed by atoms with Gasteiger partial charge in [-0.1, -0.05) is 37.1 Å². The van der Waals surface area contributed by atoms with Gasteiger partial charge < -0.3 is 5.32 Å². The lowest BCUT2D eigenvalue weighted by molar-refractivity contribution is -0.124. The van der Waals surface area contributed by atoms with Crippen molar-refractivity contribution in [3.63, 3.8) is 0 Å². The molecule has 0 radical (unpaired) electrons. The number of carbonyl (C=O) groups is 1. The van der Waals surface area contributed by atoms with Gasteiger partial charge in [0.05, 0.1) is 0 Å². The number of carbonyl (C=O) groups excluding carboxylic acids is 1. The molecule has 6 nitrogen and oxygen atoms in total. The number of aromatic nitrogens is 3. The number of likely N-dealkylation sites (tertiary alicyclic amines) is 1. The Morgan fingerprint density at radius 3 is 2.68 bits per heavy atom. The minimum Gasteiger partial charge on any atom is -0.350 e. The molecule has 2 aromatic rings. The van der Waals surface area contributed by atoms with Crippen LogP contribution in [0.2, 0.25) is 0 Å². The van der Waals surface area contributed by atoms with E-state index in [1.165, 1.54) is 50.7 Å². The van der Waals surface area contributed by atoms with Crippen molar-refractivity contribution in [2.75, 3.05) is 13.1 Å². The monoisotopic (exact) mass is 341 g/mol. The molecular weight excluding hydrogens is 314 g/mol. The molecule has 0 saturated carbocycles. The van der Waals surface area contributed by atoms with Crippen molar-refractivity contribution in [1.29, 1.82) is 0 Å². The summed E-state index contributed by atoms with van der Waals surface area (Å²) in [5.74, 6) is -0.0524. The number of hydrogen-bond acceptors (Lipinski definition) is 4. The smallest absolute Gasteiger partial charge is 0.244 e. The van der Waals surface area contributed by atoms with Gasteiger partial charge in [0, 0.05) is 13.1 Å². The lowest BCUT2D eigenvalue weighted by Gasteiger charge is -2.20. The average Bonchev–Trinajstić information content (AvgIpc) is 3.05. The van der Waals surface area contributed by atoms with Crippen molar-refractivity contribution in [3.8, 4) is 0 Å². The molecule has 1 aromatic carbocycles. The molecular formula is C19H27N5O. The molecule has 1 amide bonds. The zero-order valence-electron chi connectivity index (χ0n) is 14.9. The van der Waals surface area contributed by atoms with Gasteiger partial charge in [0.2, 0.25) is 5.91 Å². The Balaban J connectivity index is 1.53. The first-order valence-electron chi connectivity index (χ1n) is 9.14. The second-order valence-corrected chi connectivity index (χ2v) is 6.78. The van der Waals surface area contributed by atoms with Crippen molar-refractivity contribution in [2.24, 2.45) is 0 Å². The van der Waals surface area contributed by atoms with Gasteiger partial charge in [-0.25, -0.2) is 9.67 Å². The van der Waals surface area contributed by atoms with Gasteiger partial charge in [-0.2, -0.15) is 5.10 Å². The fraction of sp³-hybridized carbons (Fsp3) is 0.526. The number of amides is 1. The van der Waals surface area contributed by atoms with E-state index in [1.807, 2.05) is 6.92 Å². The second kappa shape index (κ2) is 8.76. The van der Waals surface area contributed by atoms with Crippen LogP contribution in [0.1, 0.15) is 49.8 Å². The van der Waals surface area contributed by atoms with E-state index in [-0.39, 0.29) is 11.9 Å². The average molecular weight is 341 g/mol. The van der Waals surface area contributed by atoms with Crippen molar-refractivity contribution in [1.82, 2.24) is 25.0 Å². The standard InChI is InChI=1S/C19H27N5O/c1-16(24-15-20-14-22-24)19(25)21-12-17-7-6-8-18(11-17)13-23-9-4-2-3-5-10-23/h6-8,11,14-16H,2-5,9-10,12-13H2,1H3,(H,21,25)/t16-/m0/s1. The number of rotatable bonds is 6. The van der Waals surface area contributed by atoms with E-state index in [0.717, 1.165) is 12.1 Å². The first-order valence-corrected chi connectivity index (χ1v) is 9.14. The maximum Gasteiger partial charge on any atom is 0.244 e. The van der Waals surface area contributed by atoms with Gasteiger partial charge in [0.25, 0.3) is 0 Å². The van der Waals surface area contributed by atoms with Crippen LogP contribution < -0.4 is 5.32 Å². The highest BCUT2D eigenvalue weighted by Gasteiger charge is 2.15. The van der Waals surface area contributed by atoms with Crippen molar-refractivity contribution < 1.29 is 4.79 Å². The Morgan fingerprint density at radius 2 is 1.96 bits per heavy atom. The predicted molar refractivity (Wildman–Crippen MR) is 96.8 cm³/mol. The summed E-state index contributed by atoms with van der Waals surface area (Å²) in [6.45, 7) is 5.73. The van der Waals surface area contributed by atoms with Crippen LogP contribution in [-0.4, -0.2) is 38.7 Å². The summed E-state index contributed by atoms with van der Waals surface area (Å²) in [4.78, 5) is 18.7. The summed E-state index contributed by atoms with van der Waals surface area (Å²) in [7, 11) is 0. The summed E-state index contributed by atoms with van der Waals surface area (Å²) in [5.41, 5.74) is 2.45. The highest BCUT2D eigenvalue weighted by Crippen LogP contribution is 2.14. The van der Waals surface area contributed by atoms with E-state index in [0.29, 0.717) is 6.54 Å². The summed E-state index contributed by atoms with van der Waals surface area (Å²) in [6.07, 6.45) is 8.31. The van der Waals surface area contributed by atoms with Crippen molar-refractivity contribution >= 4 is 5.91 Å². The summed E-state index contributed by atoms with van der Waals surface area (Å²) >= 11 is 0. The molecule has 0 bridgehead atoms.